The van der Waals surface area contributed by atoms with Gasteiger partial charge in [-0.25, -0.2) is 0 Å². The molecule has 5 heteroatoms. The van der Waals surface area contributed by atoms with Crippen LogP contribution in [0.25, 0.3) is 0 Å². The van der Waals surface area contributed by atoms with Crippen LogP contribution in [0, 0.1) is 0 Å². The first-order valence-corrected chi connectivity index (χ1v) is 5.29. The monoisotopic (exact) mass is 217 g/mol. The molecule has 0 fully saturated rings. The molecule has 0 spiro atoms. The number of rotatable bonds is 5. The molecule has 0 atom stereocenters. The fraction of sp³-hybridized carbons (Fsp3) is 0.364. The molecule has 16 heavy (non-hydrogen) atoms. The number of nitrogens with one attached hydrogen (secondary N) is 1. The van der Waals surface area contributed by atoms with Gasteiger partial charge in [0, 0.05) is 39.0 Å². The maximum Gasteiger partial charge on any atom is 0.133 e. The van der Waals surface area contributed by atoms with Gasteiger partial charge in [-0.15, -0.1) is 10.2 Å². The Morgan fingerprint density at radius 2 is 2.12 bits per heavy atom. The second kappa shape index (κ2) is 5.37. The summed E-state index contributed by atoms with van der Waals surface area (Å²) in [5.41, 5.74) is 1.24. The van der Waals surface area contributed by atoms with E-state index in [0.29, 0.717) is 0 Å². The number of aromatic nitrogens is 4. The molecule has 0 bridgehead atoms. The smallest absolute Gasteiger partial charge is 0.133 e. The van der Waals surface area contributed by atoms with Crippen LogP contribution in [0.15, 0.2) is 30.9 Å². The van der Waals surface area contributed by atoms with E-state index in [0.717, 1.165) is 25.3 Å². The highest BCUT2D eigenvalue weighted by molar-refractivity contribution is 5.08. The van der Waals surface area contributed by atoms with Crippen molar-refractivity contribution in [2.45, 2.75) is 13.0 Å². The van der Waals surface area contributed by atoms with Crippen molar-refractivity contribution in [3.05, 3.63) is 42.2 Å². The number of nitrogens with zero attached hydrogens (tertiary/aromatic N) is 4. The summed E-state index contributed by atoms with van der Waals surface area (Å²) in [6, 6.07) is 4.02. The van der Waals surface area contributed by atoms with Crippen molar-refractivity contribution in [1.82, 2.24) is 25.1 Å². The van der Waals surface area contributed by atoms with Crippen molar-refractivity contribution >= 4 is 0 Å². The molecule has 0 saturated carbocycles. The quantitative estimate of drug-likeness (QED) is 0.743. The highest BCUT2D eigenvalue weighted by Gasteiger charge is 1.99. The summed E-state index contributed by atoms with van der Waals surface area (Å²) in [4.78, 5) is 3.98. The number of hydrogen-bond acceptors (Lipinski definition) is 4. The van der Waals surface area contributed by atoms with Gasteiger partial charge in [0.25, 0.3) is 0 Å². The second-order valence-electron chi connectivity index (χ2n) is 3.64. The summed E-state index contributed by atoms with van der Waals surface area (Å²) in [5.74, 6) is 1.00. The van der Waals surface area contributed by atoms with E-state index in [-0.39, 0.29) is 0 Å². The largest absolute Gasteiger partial charge is 0.321 e. The minimum atomic E-state index is 0.861. The van der Waals surface area contributed by atoms with E-state index in [2.05, 4.69) is 20.5 Å². The zero-order valence-corrected chi connectivity index (χ0v) is 9.30. The zero-order chi connectivity index (χ0) is 11.2. The van der Waals surface area contributed by atoms with Gasteiger partial charge in [0.05, 0.1) is 0 Å². The van der Waals surface area contributed by atoms with E-state index >= 15 is 0 Å². The number of pyridine rings is 1. The Labute approximate surface area is 94.5 Å². The zero-order valence-electron chi connectivity index (χ0n) is 9.30. The average Bonchev–Trinajstić information content (AvgIpc) is 2.72. The fourth-order valence-corrected chi connectivity index (χ4v) is 1.47. The molecule has 0 aliphatic heterocycles. The van der Waals surface area contributed by atoms with Crippen molar-refractivity contribution in [3.8, 4) is 0 Å². The molecule has 0 aromatic carbocycles. The molecule has 1 N–H and O–H groups in total. The van der Waals surface area contributed by atoms with Crippen molar-refractivity contribution in [3.63, 3.8) is 0 Å². The molecule has 84 valence electrons. The van der Waals surface area contributed by atoms with Crippen LogP contribution >= 0.6 is 0 Å². The van der Waals surface area contributed by atoms with Crippen molar-refractivity contribution in [1.29, 1.82) is 0 Å². The summed E-state index contributed by atoms with van der Waals surface area (Å²) in [5, 5.41) is 11.2. The Kier molecular flexibility index (Phi) is 3.61. The fourth-order valence-electron chi connectivity index (χ4n) is 1.47. The predicted octanol–water partition coefficient (Wildman–Crippen LogP) is 0.542. The highest BCUT2D eigenvalue weighted by atomic mass is 15.2. The van der Waals surface area contributed by atoms with E-state index < -0.39 is 0 Å². The lowest BCUT2D eigenvalue weighted by Gasteiger charge is -2.04. The molecule has 2 rings (SSSR count). The van der Waals surface area contributed by atoms with Gasteiger partial charge in [-0.05, 0) is 17.7 Å². The molecule has 2 aromatic rings. The molecule has 2 heterocycles. The van der Waals surface area contributed by atoms with E-state index in [1.807, 2.05) is 23.7 Å². The van der Waals surface area contributed by atoms with Crippen molar-refractivity contribution in [2.24, 2.45) is 7.05 Å². The number of hydrogen-bond donors (Lipinski definition) is 1. The standard InChI is InChI=1S/C11H15N5/c1-16-9-14-15-11(16)4-7-13-8-10-2-5-12-6-3-10/h2-3,5-6,9,13H,4,7-8H2,1H3. The van der Waals surface area contributed by atoms with Gasteiger partial charge in [-0.1, -0.05) is 0 Å². The van der Waals surface area contributed by atoms with Crippen LogP contribution in [0.5, 0.6) is 0 Å². The van der Waals surface area contributed by atoms with Gasteiger partial charge >= 0.3 is 0 Å². The Hall–Kier alpha value is -1.75. The van der Waals surface area contributed by atoms with E-state index in [9.17, 15) is 0 Å². The first-order chi connectivity index (χ1) is 7.86. The van der Waals surface area contributed by atoms with Crippen LogP contribution in [-0.2, 0) is 20.0 Å². The van der Waals surface area contributed by atoms with Gasteiger partial charge in [0.15, 0.2) is 0 Å². The van der Waals surface area contributed by atoms with Crippen LogP contribution in [-0.4, -0.2) is 26.3 Å². The normalized spacial score (nSPS) is 10.6. The molecular weight excluding hydrogens is 202 g/mol. The third kappa shape index (κ3) is 2.87. The Bertz CT molecular complexity index is 423. The number of aryl methyl sites for hydroxylation is 1. The molecule has 5 nitrogen and oxygen atoms in total. The van der Waals surface area contributed by atoms with E-state index in [1.54, 1.807) is 18.7 Å². The molecule has 2 aromatic heterocycles. The Balaban J connectivity index is 1.72. The predicted molar refractivity (Wildman–Crippen MR) is 60.7 cm³/mol. The summed E-state index contributed by atoms with van der Waals surface area (Å²) in [6.45, 7) is 1.76. The van der Waals surface area contributed by atoms with Gasteiger partial charge in [-0.2, -0.15) is 0 Å². The lowest BCUT2D eigenvalue weighted by molar-refractivity contribution is 0.653. The first-order valence-electron chi connectivity index (χ1n) is 5.29. The first kappa shape index (κ1) is 10.8. The third-order valence-electron chi connectivity index (χ3n) is 2.41. The highest BCUT2D eigenvalue weighted by Crippen LogP contribution is 1.96. The van der Waals surface area contributed by atoms with Crippen molar-refractivity contribution in [2.75, 3.05) is 6.54 Å². The van der Waals surface area contributed by atoms with Crippen LogP contribution in [0.3, 0.4) is 0 Å². The summed E-state index contributed by atoms with van der Waals surface area (Å²) in [6.07, 6.45) is 6.22. The van der Waals surface area contributed by atoms with E-state index in [1.165, 1.54) is 5.56 Å². The molecule has 0 saturated heterocycles. The maximum absolute atomic E-state index is 4.02. The molecule has 0 amide bonds. The minimum absolute atomic E-state index is 0.861. The van der Waals surface area contributed by atoms with Gasteiger partial charge < -0.3 is 9.88 Å². The Morgan fingerprint density at radius 1 is 1.31 bits per heavy atom. The second-order valence-corrected chi connectivity index (χ2v) is 3.64. The lowest BCUT2D eigenvalue weighted by Crippen LogP contribution is -2.18. The van der Waals surface area contributed by atoms with Gasteiger partial charge in [-0.3, -0.25) is 4.98 Å². The van der Waals surface area contributed by atoms with Gasteiger partial charge in [0.2, 0.25) is 0 Å². The molecular formula is C11H15N5. The van der Waals surface area contributed by atoms with Crippen molar-refractivity contribution < 1.29 is 0 Å². The van der Waals surface area contributed by atoms with Crippen LogP contribution in [0.2, 0.25) is 0 Å². The molecule has 0 unspecified atom stereocenters. The summed E-state index contributed by atoms with van der Waals surface area (Å²) >= 11 is 0. The topological polar surface area (TPSA) is 55.6 Å². The summed E-state index contributed by atoms with van der Waals surface area (Å²) in [7, 11) is 1.96. The average molecular weight is 217 g/mol. The molecule has 0 aliphatic carbocycles. The van der Waals surface area contributed by atoms with E-state index in [4.69, 9.17) is 0 Å². The minimum Gasteiger partial charge on any atom is -0.321 e. The molecule has 0 radical (unpaired) electrons. The molecule has 0 aliphatic rings. The van der Waals surface area contributed by atoms with Crippen LogP contribution < -0.4 is 5.32 Å². The van der Waals surface area contributed by atoms with Crippen LogP contribution in [0.1, 0.15) is 11.4 Å². The summed E-state index contributed by atoms with van der Waals surface area (Å²) < 4.78 is 1.94. The lowest BCUT2D eigenvalue weighted by atomic mass is 10.2. The Morgan fingerprint density at radius 3 is 2.81 bits per heavy atom. The van der Waals surface area contributed by atoms with Gasteiger partial charge in [0.1, 0.15) is 12.2 Å². The van der Waals surface area contributed by atoms with Crippen LogP contribution in [0.4, 0.5) is 0 Å². The maximum atomic E-state index is 4.02. The third-order valence-corrected chi connectivity index (χ3v) is 2.41. The SMILES string of the molecule is Cn1cnnc1CCNCc1ccncc1.